The molecule has 0 spiro atoms. The van der Waals surface area contributed by atoms with Gasteiger partial charge in [-0.05, 0) is 60.4 Å². The maximum atomic E-state index is 13.3. The van der Waals surface area contributed by atoms with Gasteiger partial charge in [0, 0.05) is 12.2 Å². The van der Waals surface area contributed by atoms with Crippen LogP contribution in [0.5, 0.6) is 11.5 Å². The summed E-state index contributed by atoms with van der Waals surface area (Å²) in [6.07, 6.45) is 0.863. The van der Waals surface area contributed by atoms with Crippen LogP contribution >= 0.6 is 11.6 Å². The summed E-state index contributed by atoms with van der Waals surface area (Å²) in [6.45, 7) is 0.498. The second-order valence-electron chi connectivity index (χ2n) is 9.95. The Morgan fingerprint density at radius 3 is 2.50 bits per heavy atom. The highest BCUT2D eigenvalue weighted by molar-refractivity contribution is 6.33. The van der Waals surface area contributed by atoms with Crippen LogP contribution in [0.2, 0.25) is 5.02 Å². The standard InChI is InChI=1S/C30H29ClN4O7/c31-21-4-1-2-5-22(21)34-30(40)32-20-10-7-18(8-11-20)14-27(36)35-13-3-6-24(35)29(39)33-23(16-28(37)38)19-9-12-25-26(15-19)42-17-41-25/h1-2,4-5,7-12,15,23-24H,3,6,13-14,16-17H2,(H,33,39)(H,37,38)(H2,32,34,40)/t23-,24?/m0/s1. The number of carboxylic acids is 1. The number of urea groups is 1. The number of hydrogen-bond acceptors (Lipinski definition) is 6. The lowest BCUT2D eigenvalue weighted by molar-refractivity contribution is -0.140. The number of ether oxygens (including phenoxy) is 2. The third-order valence-electron chi connectivity index (χ3n) is 7.06. The van der Waals surface area contributed by atoms with E-state index in [9.17, 15) is 24.3 Å². The number of rotatable bonds is 9. The average molecular weight is 593 g/mol. The molecule has 42 heavy (non-hydrogen) atoms. The Morgan fingerprint density at radius 2 is 1.74 bits per heavy atom. The van der Waals surface area contributed by atoms with Gasteiger partial charge in [0.2, 0.25) is 18.6 Å². The minimum atomic E-state index is -1.07. The van der Waals surface area contributed by atoms with Crippen molar-refractivity contribution in [2.45, 2.75) is 37.8 Å². The Bertz CT molecular complexity index is 1500. The van der Waals surface area contributed by atoms with E-state index in [1.165, 1.54) is 4.90 Å². The largest absolute Gasteiger partial charge is 0.481 e. The summed E-state index contributed by atoms with van der Waals surface area (Å²) in [5, 5.41) is 18.1. The van der Waals surface area contributed by atoms with Crippen LogP contribution in [0.1, 0.15) is 36.4 Å². The lowest BCUT2D eigenvalue weighted by atomic mass is 10.0. The highest BCUT2D eigenvalue weighted by Gasteiger charge is 2.35. The van der Waals surface area contributed by atoms with Crippen LogP contribution in [-0.4, -0.2) is 53.2 Å². The molecule has 2 aliphatic rings. The third-order valence-corrected chi connectivity index (χ3v) is 7.39. The molecule has 0 aromatic heterocycles. The van der Waals surface area contributed by atoms with E-state index in [4.69, 9.17) is 21.1 Å². The van der Waals surface area contributed by atoms with Crippen molar-refractivity contribution in [2.75, 3.05) is 24.0 Å². The fourth-order valence-electron chi connectivity index (χ4n) is 4.99. The molecule has 1 unspecified atom stereocenters. The maximum absolute atomic E-state index is 13.3. The first-order valence-corrected chi connectivity index (χ1v) is 13.8. The maximum Gasteiger partial charge on any atom is 0.323 e. The number of likely N-dealkylation sites (tertiary alicyclic amines) is 1. The molecule has 3 aromatic rings. The average Bonchev–Trinajstić information content (AvgIpc) is 3.64. The minimum absolute atomic E-state index is 0.0661. The number of amides is 4. The minimum Gasteiger partial charge on any atom is -0.481 e. The van der Waals surface area contributed by atoms with E-state index in [0.717, 1.165) is 0 Å². The van der Waals surface area contributed by atoms with Crippen molar-refractivity contribution >= 4 is 46.8 Å². The fourth-order valence-corrected chi connectivity index (χ4v) is 5.17. The number of carbonyl (C=O) groups excluding carboxylic acids is 3. The van der Waals surface area contributed by atoms with Crippen LogP contribution in [0, 0.1) is 0 Å². The highest BCUT2D eigenvalue weighted by Crippen LogP contribution is 2.35. The van der Waals surface area contributed by atoms with Gasteiger partial charge in [-0.2, -0.15) is 0 Å². The second-order valence-corrected chi connectivity index (χ2v) is 10.4. The molecular weight excluding hydrogens is 564 g/mol. The molecule has 0 saturated carbocycles. The second kappa shape index (κ2) is 12.8. The van der Waals surface area contributed by atoms with Gasteiger partial charge in [0.15, 0.2) is 11.5 Å². The summed E-state index contributed by atoms with van der Waals surface area (Å²) in [4.78, 5) is 52.0. The number of anilines is 2. The number of nitrogens with one attached hydrogen (secondary N) is 3. The fraction of sp³-hybridized carbons (Fsp3) is 0.267. The predicted molar refractivity (Wildman–Crippen MR) is 155 cm³/mol. The van der Waals surface area contributed by atoms with Crippen molar-refractivity contribution in [1.29, 1.82) is 0 Å². The van der Waals surface area contributed by atoms with Crippen LogP contribution in [0.25, 0.3) is 0 Å². The van der Waals surface area contributed by atoms with Gasteiger partial charge in [0.1, 0.15) is 6.04 Å². The number of hydrogen-bond donors (Lipinski definition) is 4. The number of fused-ring (bicyclic) bond motifs is 1. The van der Waals surface area contributed by atoms with E-state index >= 15 is 0 Å². The highest BCUT2D eigenvalue weighted by atomic mass is 35.5. The van der Waals surface area contributed by atoms with Gasteiger partial charge >= 0.3 is 12.0 Å². The summed E-state index contributed by atoms with van der Waals surface area (Å²) in [5.74, 6) is -0.665. The lowest BCUT2D eigenvalue weighted by Gasteiger charge is -2.26. The van der Waals surface area contributed by atoms with Crippen molar-refractivity contribution in [3.05, 3.63) is 82.9 Å². The molecule has 218 valence electrons. The lowest BCUT2D eigenvalue weighted by Crippen LogP contribution is -2.47. The molecule has 0 aliphatic carbocycles. The molecule has 0 bridgehead atoms. The molecule has 1 saturated heterocycles. The molecule has 1 fully saturated rings. The number of carboxylic acid groups (broad SMARTS) is 1. The Labute approximate surface area is 246 Å². The van der Waals surface area contributed by atoms with Crippen LogP contribution in [0.15, 0.2) is 66.7 Å². The van der Waals surface area contributed by atoms with E-state index in [1.54, 1.807) is 66.7 Å². The Kier molecular flexibility index (Phi) is 8.77. The van der Waals surface area contributed by atoms with E-state index in [1.807, 2.05) is 0 Å². The Balaban J connectivity index is 1.18. The van der Waals surface area contributed by atoms with Crippen LogP contribution in [-0.2, 0) is 20.8 Å². The number of nitrogens with zero attached hydrogens (tertiary/aromatic N) is 1. The number of para-hydroxylation sites is 1. The van der Waals surface area contributed by atoms with Crippen molar-refractivity contribution in [3.8, 4) is 11.5 Å². The van der Waals surface area contributed by atoms with E-state index in [-0.39, 0.29) is 25.5 Å². The first kappa shape index (κ1) is 28.7. The third kappa shape index (κ3) is 6.92. The predicted octanol–water partition coefficient (Wildman–Crippen LogP) is 4.58. The van der Waals surface area contributed by atoms with Gasteiger partial charge in [-0.1, -0.05) is 41.9 Å². The van der Waals surface area contributed by atoms with E-state index < -0.39 is 30.0 Å². The number of aliphatic carboxylic acids is 1. The van der Waals surface area contributed by atoms with Crippen molar-refractivity contribution < 1.29 is 33.8 Å². The normalized spacial score (nSPS) is 16.0. The van der Waals surface area contributed by atoms with Crippen LogP contribution in [0.3, 0.4) is 0 Å². The number of halogens is 1. The molecule has 5 rings (SSSR count). The summed E-state index contributed by atoms with van der Waals surface area (Å²) < 4.78 is 10.7. The van der Waals surface area contributed by atoms with E-state index in [0.29, 0.717) is 58.4 Å². The Hall–Kier alpha value is -4.77. The van der Waals surface area contributed by atoms with Gasteiger partial charge < -0.3 is 35.4 Å². The van der Waals surface area contributed by atoms with Gasteiger partial charge in [-0.15, -0.1) is 0 Å². The summed E-state index contributed by atoms with van der Waals surface area (Å²) in [5.41, 5.74) is 2.29. The number of benzene rings is 3. The quantitative estimate of drug-likeness (QED) is 0.284. The summed E-state index contributed by atoms with van der Waals surface area (Å²) in [7, 11) is 0. The first-order chi connectivity index (χ1) is 20.3. The van der Waals surface area contributed by atoms with Crippen molar-refractivity contribution in [1.82, 2.24) is 10.2 Å². The summed E-state index contributed by atoms with van der Waals surface area (Å²) >= 11 is 6.08. The molecule has 11 nitrogen and oxygen atoms in total. The van der Waals surface area contributed by atoms with Crippen LogP contribution in [0.4, 0.5) is 16.2 Å². The molecule has 0 radical (unpaired) electrons. The Morgan fingerprint density at radius 1 is 0.976 bits per heavy atom. The number of carbonyl (C=O) groups is 4. The first-order valence-electron chi connectivity index (χ1n) is 13.4. The van der Waals surface area contributed by atoms with Gasteiger partial charge in [0.25, 0.3) is 0 Å². The molecule has 2 aliphatic heterocycles. The molecule has 4 amide bonds. The van der Waals surface area contributed by atoms with Gasteiger partial charge in [0.05, 0.1) is 29.6 Å². The topological polar surface area (TPSA) is 146 Å². The molecule has 4 N–H and O–H groups in total. The SMILES string of the molecule is O=C(O)C[C@H](NC(=O)C1CCCN1C(=O)Cc1ccc(NC(=O)Nc2ccccc2Cl)cc1)c1ccc2c(c1)OCO2. The molecule has 3 aromatic carbocycles. The van der Waals surface area contributed by atoms with Crippen LogP contribution < -0.4 is 25.4 Å². The van der Waals surface area contributed by atoms with Gasteiger partial charge in [-0.3, -0.25) is 14.4 Å². The zero-order valence-electron chi connectivity index (χ0n) is 22.5. The molecule has 2 heterocycles. The summed E-state index contributed by atoms with van der Waals surface area (Å²) in [6, 6.07) is 16.8. The zero-order valence-corrected chi connectivity index (χ0v) is 23.2. The monoisotopic (exact) mass is 592 g/mol. The molecule has 12 heteroatoms. The van der Waals surface area contributed by atoms with Crippen molar-refractivity contribution in [3.63, 3.8) is 0 Å². The molecule has 2 atom stereocenters. The molecular formula is C30H29ClN4O7. The van der Waals surface area contributed by atoms with E-state index in [2.05, 4.69) is 16.0 Å². The van der Waals surface area contributed by atoms with Crippen molar-refractivity contribution in [2.24, 2.45) is 0 Å². The van der Waals surface area contributed by atoms with Gasteiger partial charge in [-0.25, -0.2) is 4.79 Å². The zero-order chi connectivity index (χ0) is 29.6. The smallest absolute Gasteiger partial charge is 0.323 e.